The van der Waals surface area contributed by atoms with E-state index in [1.807, 2.05) is 24.2 Å². The molecule has 2 aromatic rings. The van der Waals surface area contributed by atoms with Gasteiger partial charge >= 0.3 is 0 Å². The fourth-order valence-corrected chi connectivity index (χ4v) is 1.67. The Kier molecular flexibility index (Phi) is 2.56. The van der Waals surface area contributed by atoms with E-state index >= 15 is 0 Å². The third kappa shape index (κ3) is 1.78. The minimum atomic E-state index is 0.507. The molecule has 0 aliphatic carbocycles. The van der Waals surface area contributed by atoms with Gasteiger partial charge in [0.2, 0.25) is 0 Å². The number of aryl methyl sites for hydroxylation is 1. The van der Waals surface area contributed by atoms with Crippen LogP contribution in [0.5, 0.6) is 0 Å². The summed E-state index contributed by atoms with van der Waals surface area (Å²) in [4.78, 5) is 6.37. The van der Waals surface area contributed by atoms with Crippen molar-refractivity contribution in [2.75, 3.05) is 18.6 Å². The van der Waals surface area contributed by atoms with Crippen LogP contribution in [0.3, 0.4) is 0 Å². The Balaban J connectivity index is 2.66. The zero-order valence-electron chi connectivity index (χ0n) is 9.07. The number of aromatic nitrogens is 1. The molecule has 1 aromatic carbocycles. The average Bonchev–Trinajstić information content (AvgIpc) is 2.26. The Labute approximate surface area is 89.5 Å². The van der Waals surface area contributed by atoms with Crippen LogP contribution in [0.4, 0.5) is 5.69 Å². The van der Waals surface area contributed by atoms with Gasteiger partial charge < -0.3 is 10.6 Å². The first-order chi connectivity index (χ1) is 7.22. The molecule has 2 rings (SSSR count). The Morgan fingerprint density at radius 2 is 2.13 bits per heavy atom. The molecule has 0 saturated carbocycles. The minimum absolute atomic E-state index is 0.507. The van der Waals surface area contributed by atoms with Gasteiger partial charge in [-0.25, -0.2) is 0 Å². The van der Waals surface area contributed by atoms with Gasteiger partial charge in [0, 0.05) is 24.3 Å². The number of benzene rings is 1. The lowest BCUT2D eigenvalue weighted by Crippen LogP contribution is -2.25. The summed E-state index contributed by atoms with van der Waals surface area (Å²) in [7, 11) is 1.98. The van der Waals surface area contributed by atoms with E-state index in [0.717, 1.165) is 16.6 Å². The third-order valence-electron chi connectivity index (χ3n) is 2.56. The van der Waals surface area contributed by atoms with Crippen molar-refractivity contribution in [1.29, 1.82) is 0 Å². The van der Waals surface area contributed by atoms with Crippen molar-refractivity contribution in [3.05, 3.63) is 36.0 Å². The quantitative estimate of drug-likeness (QED) is 0.754. The van der Waals surface area contributed by atoms with Gasteiger partial charge in [-0.2, -0.15) is 0 Å². The number of nitrogens with zero attached hydrogens (tertiary/aromatic N) is 2. The van der Waals surface area contributed by atoms with E-state index in [4.69, 9.17) is 5.73 Å². The van der Waals surface area contributed by atoms with E-state index in [1.54, 1.807) is 0 Å². The fraction of sp³-hybridized carbons (Fsp3) is 0.250. The number of hydrogen-bond acceptors (Lipinski definition) is 3. The molecule has 1 heterocycles. The summed E-state index contributed by atoms with van der Waals surface area (Å²) >= 11 is 0. The van der Waals surface area contributed by atoms with Crippen molar-refractivity contribution >= 4 is 16.6 Å². The number of hydrogen-bond donors (Lipinski definition) is 1. The van der Waals surface area contributed by atoms with Gasteiger partial charge in [0.15, 0.2) is 0 Å². The number of nitrogens with two attached hydrogens (primary N) is 1. The molecule has 0 radical (unpaired) electrons. The Bertz CT molecular complexity index is 479. The molecular formula is C12H15N3. The molecule has 3 nitrogen and oxygen atoms in total. The van der Waals surface area contributed by atoms with Gasteiger partial charge in [0.05, 0.1) is 12.2 Å². The zero-order chi connectivity index (χ0) is 10.8. The molecule has 2 N–H and O–H groups in total. The summed E-state index contributed by atoms with van der Waals surface area (Å²) in [6, 6.07) is 8.27. The molecule has 78 valence electrons. The monoisotopic (exact) mass is 201 g/mol. The fourth-order valence-electron chi connectivity index (χ4n) is 1.67. The van der Waals surface area contributed by atoms with Crippen LogP contribution >= 0.6 is 0 Å². The van der Waals surface area contributed by atoms with Crippen molar-refractivity contribution in [3.63, 3.8) is 0 Å². The second kappa shape index (κ2) is 3.87. The highest BCUT2D eigenvalue weighted by Crippen LogP contribution is 2.24. The lowest BCUT2D eigenvalue weighted by atomic mass is 10.1. The second-order valence-electron chi connectivity index (χ2n) is 3.73. The molecule has 15 heavy (non-hydrogen) atoms. The summed E-state index contributed by atoms with van der Waals surface area (Å²) in [6.45, 7) is 2.58. The van der Waals surface area contributed by atoms with Crippen LogP contribution in [0.2, 0.25) is 0 Å². The summed E-state index contributed by atoms with van der Waals surface area (Å²) in [5, 5.41) is 1.15. The second-order valence-corrected chi connectivity index (χ2v) is 3.73. The zero-order valence-corrected chi connectivity index (χ0v) is 9.07. The Morgan fingerprint density at radius 1 is 1.33 bits per heavy atom. The van der Waals surface area contributed by atoms with Crippen LogP contribution in [-0.4, -0.2) is 18.7 Å². The van der Waals surface area contributed by atoms with Gasteiger partial charge in [-0.3, -0.25) is 4.98 Å². The molecular weight excluding hydrogens is 186 g/mol. The molecule has 0 aliphatic heterocycles. The van der Waals surface area contributed by atoms with Crippen LogP contribution in [0, 0.1) is 6.92 Å². The lowest BCUT2D eigenvalue weighted by molar-refractivity contribution is 0.937. The lowest BCUT2D eigenvalue weighted by Gasteiger charge is -2.18. The summed E-state index contributed by atoms with van der Waals surface area (Å²) < 4.78 is 0. The minimum Gasteiger partial charge on any atom is -0.361 e. The molecule has 0 fully saturated rings. The number of pyridine rings is 1. The van der Waals surface area contributed by atoms with E-state index in [1.165, 1.54) is 5.56 Å². The molecule has 3 heteroatoms. The van der Waals surface area contributed by atoms with Gasteiger partial charge in [0.1, 0.15) is 0 Å². The normalized spacial score (nSPS) is 10.6. The average molecular weight is 201 g/mol. The number of anilines is 1. The third-order valence-corrected chi connectivity index (χ3v) is 2.56. The van der Waals surface area contributed by atoms with E-state index in [2.05, 4.69) is 30.1 Å². The standard InChI is InChI=1S/C12H15N3/c1-9-3-4-10-11(7-9)14-6-5-12(10)15(2)8-13/h3-7H,8,13H2,1-2H3. The van der Waals surface area contributed by atoms with Crippen LogP contribution in [0.25, 0.3) is 10.9 Å². The molecule has 0 atom stereocenters. The summed E-state index contributed by atoms with van der Waals surface area (Å²) in [6.07, 6.45) is 1.82. The summed E-state index contributed by atoms with van der Waals surface area (Å²) in [5.74, 6) is 0. The molecule has 0 bridgehead atoms. The van der Waals surface area contributed by atoms with Crippen LogP contribution < -0.4 is 10.6 Å². The Hall–Kier alpha value is -1.61. The van der Waals surface area contributed by atoms with Crippen molar-refractivity contribution in [3.8, 4) is 0 Å². The maximum atomic E-state index is 5.63. The molecule has 0 unspecified atom stereocenters. The Morgan fingerprint density at radius 3 is 2.87 bits per heavy atom. The maximum absolute atomic E-state index is 5.63. The smallest absolute Gasteiger partial charge is 0.0725 e. The van der Waals surface area contributed by atoms with Crippen molar-refractivity contribution < 1.29 is 0 Å². The topological polar surface area (TPSA) is 42.1 Å². The molecule has 0 spiro atoms. The van der Waals surface area contributed by atoms with Crippen LogP contribution in [-0.2, 0) is 0 Å². The first-order valence-corrected chi connectivity index (χ1v) is 4.99. The molecule has 0 aliphatic rings. The summed E-state index contributed by atoms with van der Waals surface area (Å²) in [5.41, 5.74) is 9.00. The maximum Gasteiger partial charge on any atom is 0.0725 e. The van der Waals surface area contributed by atoms with Crippen LogP contribution in [0.15, 0.2) is 30.5 Å². The highest BCUT2D eigenvalue weighted by molar-refractivity contribution is 5.91. The van der Waals surface area contributed by atoms with E-state index < -0.39 is 0 Å². The molecule has 0 amide bonds. The SMILES string of the molecule is Cc1ccc2c(N(C)CN)ccnc2c1. The van der Waals surface area contributed by atoms with Gasteiger partial charge in [-0.1, -0.05) is 12.1 Å². The van der Waals surface area contributed by atoms with Gasteiger partial charge in [-0.15, -0.1) is 0 Å². The van der Waals surface area contributed by atoms with Crippen molar-refractivity contribution in [2.24, 2.45) is 5.73 Å². The van der Waals surface area contributed by atoms with Crippen LogP contribution in [0.1, 0.15) is 5.56 Å². The largest absolute Gasteiger partial charge is 0.361 e. The first kappa shape index (κ1) is 9.93. The number of rotatable bonds is 2. The number of fused-ring (bicyclic) bond motifs is 1. The first-order valence-electron chi connectivity index (χ1n) is 4.99. The van der Waals surface area contributed by atoms with Crippen molar-refractivity contribution in [2.45, 2.75) is 6.92 Å². The predicted octanol–water partition coefficient (Wildman–Crippen LogP) is 1.90. The van der Waals surface area contributed by atoms with Crippen molar-refractivity contribution in [1.82, 2.24) is 4.98 Å². The predicted molar refractivity (Wildman–Crippen MR) is 63.9 cm³/mol. The highest BCUT2D eigenvalue weighted by atomic mass is 15.2. The van der Waals surface area contributed by atoms with E-state index in [9.17, 15) is 0 Å². The van der Waals surface area contributed by atoms with E-state index in [-0.39, 0.29) is 0 Å². The van der Waals surface area contributed by atoms with Gasteiger partial charge in [-0.05, 0) is 24.6 Å². The van der Waals surface area contributed by atoms with E-state index in [0.29, 0.717) is 6.67 Å². The molecule has 0 saturated heterocycles. The molecule has 1 aromatic heterocycles. The van der Waals surface area contributed by atoms with Gasteiger partial charge in [0.25, 0.3) is 0 Å². The highest BCUT2D eigenvalue weighted by Gasteiger charge is 2.04.